The second-order valence-corrected chi connectivity index (χ2v) is 5.90. The molecule has 6 heteroatoms. The molecule has 0 bridgehead atoms. The van der Waals surface area contributed by atoms with Crippen LogP contribution in [0.2, 0.25) is 0 Å². The SMILES string of the molecule is Cc1cnc(N2CCN(C(C)(C)C(N)=S)CC2)nc1. The van der Waals surface area contributed by atoms with E-state index in [0.717, 1.165) is 37.7 Å². The van der Waals surface area contributed by atoms with E-state index in [1.807, 2.05) is 19.3 Å². The van der Waals surface area contributed by atoms with Crippen LogP contribution < -0.4 is 10.6 Å². The lowest BCUT2D eigenvalue weighted by atomic mass is 10.0. The van der Waals surface area contributed by atoms with Crippen molar-refractivity contribution in [3.05, 3.63) is 18.0 Å². The first-order chi connectivity index (χ1) is 8.91. The van der Waals surface area contributed by atoms with Gasteiger partial charge in [0.05, 0.1) is 10.5 Å². The first-order valence-corrected chi connectivity index (χ1v) is 6.90. The van der Waals surface area contributed by atoms with Crippen LogP contribution in [0.25, 0.3) is 0 Å². The lowest BCUT2D eigenvalue weighted by Crippen LogP contribution is -2.59. The molecule has 104 valence electrons. The summed E-state index contributed by atoms with van der Waals surface area (Å²) in [6.45, 7) is 9.78. The molecule has 1 saturated heterocycles. The topological polar surface area (TPSA) is 58.3 Å². The summed E-state index contributed by atoms with van der Waals surface area (Å²) in [5, 5.41) is 0. The second kappa shape index (κ2) is 5.38. The van der Waals surface area contributed by atoms with Crippen molar-refractivity contribution in [3.8, 4) is 0 Å². The van der Waals surface area contributed by atoms with Gasteiger partial charge >= 0.3 is 0 Å². The van der Waals surface area contributed by atoms with Crippen LogP contribution in [0.3, 0.4) is 0 Å². The van der Waals surface area contributed by atoms with Gasteiger partial charge in [0.25, 0.3) is 0 Å². The van der Waals surface area contributed by atoms with Crippen LogP contribution in [0.4, 0.5) is 5.95 Å². The van der Waals surface area contributed by atoms with Crippen LogP contribution in [0.5, 0.6) is 0 Å². The number of piperazine rings is 1. The van der Waals surface area contributed by atoms with E-state index in [9.17, 15) is 0 Å². The van der Waals surface area contributed by atoms with Crippen LogP contribution in [-0.4, -0.2) is 51.6 Å². The minimum absolute atomic E-state index is 0.227. The molecule has 1 aromatic rings. The quantitative estimate of drug-likeness (QED) is 0.832. The van der Waals surface area contributed by atoms with Gasteiger partial charge in [-0.15, -0.1) is 0 Å². The van der Waals surface area contributed by atoms with E-state index in [1.54, 1.807) is 0 Å². The molecule has 0 aliphatic carbocycles. The van der Waals surface area contributed by atoms with E-state index in [-0.39, 0.29) is 5.54 Å². The van der Waals surface area contributed by atoms with E-state index in [1.165, 1.54) is 0 Å². The van der Waals surface area contributed by atoms with Gasteiger partial charge in [0, 0.05) is 38.6 Å². The number of nitrogens with zero attached hydrogens (tertiary/aromatic N) is 4. The summed E-state index contributed by atoms with van der Waals surface area (Å²) in [7, 11) is 0. The Hall–Kier alpha value is -1.27. The number of rotatable bonds is 3. The second-order valence-electron chi connectivity index (χ2n) is 5.46. The van der Waals surface area contributed by atoms with Crippen molar-refractivity contribution in [2.75, 3.05) is 31.1 Å². The molecule has 0 aromatic carbocycles. The molecular weight excluding hydrogens is 258 g/mol. The van der Waals surface area contributed by atoms with Crippen molar-refractivity contribution in [2.24, 2.45) is 5.73 Å². The summed E-state index contributed by atoms with van der Waals surface area (Å²) >= 11 is 5.15. The first kappa shape index (κ1) is 14.1. The highest BCUT2D eigenvalue weighted by molar-refractivity contribution is 7.80. The van der Waals surface area contributed by atoms with Crippen molar-refractivity contribution in [2.45, 2.75) is 26.3 Å². The molecule has 0 radical (unpaired) electrons. The van der Waals surface area contributed by atoms with Crippen LogP contribution in [-0.2, 0) is 0 Å². The number of aromatic nitrogens is 2. The molecule has 19 heavy (non-hydrogen) atoms. The fourth-order valence-corrected chi connectivity index (χ4v) is 2.30. The molecule has 0 spiro atoms. The molecule has 2 rings (SSSR count). The number of nitrogens with two attached hydrogens (primary N) is 1. The summed E-state index contributed by atoms with van der Waals surface area (Å²) in [6.07, 6.45) is 3.71. The maximum Gasteiger partial charge on any atom is 0.225 e. The molecule has 1 aliphatic rings. The average Bonchev–Trinajstić information content (AvgIpc) is 2.39. The molecule has 0 saturated carbocycles. The van der Waals surface area contributed by atoms with Gasteiger partial charge in [0.15, 0.2) is 0 Å². The van der Waals surface area contributed by atoms with Crippen molar-refractivity contribution < 1.29 is 0 Å². The highest BCUT2D eigenvalue weighted by Crippen LogP contribution is 2.19. The molecule has 2 N–H and O–H groups in total. The molecule has 1 aromatic heterocycles. The fourth-order valence-electron chi connectivity index (χ4n) is 2.17. The van der Waals surface area contributed by atoms with Crippen molar-refractivity contribution in [1.82, 2.24) is 14.9 Å². The van der Waals surface area contributed by atoms with E-state index >= 15 is 0 Å². The normalized spacial score (nSPS) is 17.5. The van der Waals surface area contributed by atoms with Crippen LogP contribution in [0.1, 0.15) is 19.4 Å². The zero-order valence-corrected chi connectivity index (χ0v) is 12.6. The predicted octanol–water partition coefficient (Wildman–Crippen LogP) is 0.972. The van der Waals surface area contributed by atoms with Gasteiger partial charge in [-0.25, -0.2) is 9.97 Å². The largest absolute Gasteiger partial charge is 0.392 e. The summed E-state index contributed by atoms with van der Waals surface area (Å²) in [5.74, 6) is 0.804. The Morgan fingerprint density at radius 2 is 1.74 bits per heavy atom. The first-order valence-electron chi connectivity index (χ1n) is 6.50. The molecule has 0 atom stereocenters. The van der Waals surface area contributed by atoms with Crippen LogP contribution in [0, 0.1) is 6.92 Å². The number of anilines is 1. The van der Waals surface area contributed by atoms with Crippen molar-refractivity contribution >= 4 is 23.2 Å². The Labute approximate surface area is 119 Å². The lowest BCUT2D eigenvalue weighted by molar-refractivity contribution is 0.167. The third-order valence-electron chi connectivity index (χ3n) is 3.72. The van der Waals surface area contributed by atoms with Crippen molar-refractivity contribution in [1.29, 1.82) is 0 Å². The van der Waals surface area contributed by atoms with Crippen LogP contribution in [0.15, 0.2) is 12.4 Å². The Bertz CT molecular complexity index is 449. The summed E-state index contributed by atoms with van der Waals surface area (Å²) in [5.41, 5.74) is 6.67. The van der Waals surface area contributed by atoms with Gasteiger partial charge in [0.2, 0.25) is 5.95 Å². The molecule has 0 amide bonds. The Morgan fingerprint density at radius 3 is 2.21 bits per heavy atom. The molecule has 5 nitrogen and oxygen atoms in total. The van der Waals surface area contributed by atoms with Crippen molar-refractivity contribution in [3.63, 3.8) is 0 Å². The predicted molar refractivity (Wildman–Crippen MR) is 81.4 cm³/mol. The van der Waals surface area contributed by atoms with E-state index in [0.29, 0.717) is 4.99 Å². The summed E-state index contributed by atoms with van der Waals surface area (Å²) in [6, 6.07) is 0. The van der Waals surface area contributed by atoms with Gasteiger partial charge in [0.1, 0.15) is 0 Å². The molecule has 1 fully saturated rings. The average molecular weight is 279 g/mol. The van der Waals surface area contributed by atoms with Gasteiger partial charge < -0.3 is 10.6 Å². The van der Waals surface area contributed by atoms with Crippen LogP contribution >= 0.6 is 12.2 Å². The third kappa shape index (κ3) is 3.01. The van der Waals surface area contributed by atoms with Gasteiger partial charge in [-0.3, -0.25) is 4.90 Å². The highest BCUT2D eigenvalue weighted by atomic mass is 32.1. The molecule has 0 unspecified atom stereocenters. The third-order valence-corrected chi connectivity index (χ3v) is 4.22. The number of hydrogen-bond donors (Lipinski definition) is 1. The zero-order chi connectivity index (χ0) is 14.0. The summed E-state index contributed by atoms with van der Waals surface area (Å²) < 4.78 is 0. The van der Waals surface area contributed by atoms with E-state index in [4.69, 9.17) is 18.0 Å². The van der Waals surface area contributed by atoms with Gasteiger partial charge in [-0.1, -0.05) is 12.2 Å². The molecular formula is C13H21N5S. The standard InChI is InChI=1S/C13H21N5S/c1-10-8-15-12(16-9-10)17-4-6-18(7-5-17)13(2,3)11(14)19/h8-9H,4-7H2,1-3H3,(H2,14,19). The Kier molecular flexibility index (Phi) is 4.01. The van der Waals surface area contributed by atoms with Gasteiger partial charge in [-0.05, 0) is 26.3 Å². The minimum Gasteiger partial charge on any atom is -0.392 e. The number of hydrogen-bond acceptors (Lipinski definition) is 5. The zero-order valence-electron chi connectivity index (χ0n) is 11.8. The van der Waals surface area contributed by atoms with Gasteiger partial charge in [-0.2, -0.15) is 0 Å². The smallest absolute Gasteiger partial charge is 0.225 e. The molecule has 2 heterocycles. The number of thiocarbonyl (C=S) groups is 1. The summed E-state index contributed by atoms with van der Waals surface area (Å²) in [4.78, 5) is 13.8. The van der Waals surface area contributed by atoms with E-state index in [2.05, 4.69) is 33.6 Å². The van der Waals surface area contributed by atoms with E-state index < -0.39 is 0 Å². The lowest BCUT2D eigenvalue weighted by Gasteiger charge is -2.43. The molecule has 1 aliphatic heterocycles. The maximum atomic E-state index is 5.81. The Morgan fingerprint density at radius 1 is 1.21 bits per heavy atom. The Balaban J connectivity index is 1.99. The minimum atomic E-state index is -0.227. The maximum absolute atomic E-state index is 5.81. The monoisotopic (exact) mass is 279 g/mol. The fraction of sp³-hybridized carbons (Fsp3) is 0.615. The highest BCUT2D eigenvalue weighted by Gasteiger charge is 2.32. The number of aryl methyl sites for hydroxylation is 1.